The molecule has 0 atom stereocenters. The molecule has 0 aliphatic carbocycles. The van der Waals surface area contributed by atoms with Crippen LogP contribution >= 0.6 is 0 Å². The largest absolute Gasteiger partial charge is 0.458 e. The minimum absolute atomic E-state index is 0.0849. The molecule has 0 aromatic carbocycles. The lowest BCUT2D eigenvalue weighted by molar-refractivity contribution is -0.160. The highest BCUT2D eigenvalue weighted by Crippen LogP contribution is 2.07. The molecule has 184 valence electrons. The minimum Gasteiger partial charge on any atom is -0.458 e. The quantitative estimate of drug-likeness (QED) is 0.262. The summed E-state index contributed by atoms with van der Waals surface area (Å²) < 4.78 is 36.9. The Morgan fingerprint density at radius 3 is 1.39 bits per heavy atom. The summed E-state index contributed by atoms with van der Waals surface area (Å²) in [6.45, 7) is 14.9. The summed E-state index contributed by atoms with van der Waals surface area (Å²) in [4.78, 5) is 22.8. The third-order valence-corrected chi connectivity index (χ3v) is 3.04. The number of carbonyl (C=O) groups is 2. The number of nitrogens with one attached hydrogen (secondary N) is 1. The van der Waals surface area contributed by atoms with Gasteiger partial charge in [-0.05, 0) is 41.5 Å². The maximum Gasteiger partial charge on any atom is 0.407 e. The van der Waals surface area contributed by atoms with Crippen molar-refractivity contribution < 1.29 is 42.7 Å². The van der Waals surface area contributed by atoms with Gasteiger partial charge in [-0.1, -0.05) is 0 Å². The van der Waals surface area contributed by atoms with Gasteiger partial charge in [0.25, 0.3) is 0 Å². The van der Waals surface area contributed by atoms with Gasteiger partial charge in [-0.15, -0.1) is 0 Å². The first-order valence-corrected chi connectivity index (χ1v) is 10.6. The van der Waals surface area contributed by atoms with Gasteiger partial charge in [0.2, 0.25) is 0 Å². The zero-order valence-electron chi connectivity index (χ0n) is 20.0. The Morgan fingerprint density at radius 1 is 0.581 bits per heavy atom. The summed E-state index contributed by atoms with van der Waals surface area (Å²) in [5.41, 5.74) is -1.02. The third kappa shape index (κ3) is 24.7. The molecule has 1 N–H and O–H groups in total. The fraction of sp³-hybridized carbons (Fsp3) is 0.905. The second-order valence-corrected chi connectivity index (χ2v) is 8.52. The van der Waals surface area contributed by atoms with Crippen molar-refractivity contribution >= 4 is 12.1 Å². The van der Waals surface area contributed by atoms with Crippen LogP contribution in [0.4, 0.5) is 4.79 Å². The summed E-state index contributed by atoms with van der Waals surface area (Å²) in [6, 6.07) is 0. The van der Waals surface area contributed by atoms with E-state index >= 15 is 0 Å². The van der Waals surface area contributed by atoms with Gasteiger partial charge >= 0.3 is 12.1 Å². The average molecular weight is 452 g/mol. The molecule has 0 aliphatic rings. The number of hydrogen-bond acceptors (Lipinski definition) is 9. The van der Waals surface area contributed by atoms with E-state index in [2.05, 4.69) is 5.32 Å². The van der Waals surface area contributed by atoms with E-state index in [0.29, 0.717) is 66.0 Å². The molecule has 0 saturated heterocycles. The second kappa shape index (κ2) is 17.1. The predicted molar refractivity (Wildman–Crippen MR) is 114 cm³/mol. The zero-order valence-corrected chi connectivity index (χ0v) is 20.0. The Morgan fingerprint density at radius 2 is 0.968 bits per heavy atom. The smallest absolute Gasteiger partial charge is 0.407 e. The van der Waals surface area contributed by atoms with Crippen LogP contribution < -0.4 is 5.32 Å². The topological polar surface area (TPSA) is 111 Å². The lowest BCUT2D eigenvalue weighted by atomic mass is 10.2. The third-order valence-electron chi connectivity index (χ3n) is 3.04. The normalized spacial score (nSPS) is 11.9. The lowest BCUT2D eigenvalue weighted by Crippen LogP contribution is -2.34. The molecular formula is C21H41NO9. The van der Waals surface area contributed by atoms with Gasteiger partial charge < -0.3 is 38.5 Å². The zero-order chi connectivity index (χ0) is 23.6. The molecule has 0 rings (SSSR count). The highest BCUT2D eigenvalue weighted by Gasteiger charge is 2.16. The number of alkyl carbamates (subject to hydrolysis) is 1. The molecule has 0 aliphatic heterocycles. The van der Waals surface area contributed by atoms with Crippen molar-refractivity contribution in [3.8, 4) is 0 Å². The molecule has 0 bridgehead atoms. The van der Waals surface area contributed by atoms with Crippen LogP contribution in [0, 0.1) is 0 Å². The summed E-state index contributed by atoms with van der Waals surface area (Å²) in [5.74, 6) is -0.390. The number of esters is 1. The van der Waals surface area contributed by atoms with Crippen molar-refractivity contribution in [2.24, 2.45) is 0 Å². The van der Waals surface area contributed by atoms with Gasteiger partial charge in [-0.2, -0.15) is 0 Å². The fourth-order valence-electron chi connectivity index (χ4n) is 1.95. The summed E-state index contributed by atoms with van der Waals surface area (Å²) in [5, 5.41) is 2.61. The first-order valence-electron chi connectivity index (χ1n) is 10.6. The SMILES string of the molecule is CC(C)(C)OC(=O)COCCOCCOCCOCCOCCNC(=O)OC(C)(C)C. The Hall–Kier alpha value is -1.46. The highest BCUT2D eigenvalue weighted by molar-refractivity contribution is 5.71. The van der Waals surface area contributed by atoms with Crippen LogP contribution in [0.5, 0.6) is 0 Å². The first kappa shape index (κ1) is 29.5. The van der Waals surface area contributed by atoms with Gasteiger partial charge in [0.15, 0.2) is 0 Å². The van der Waals surface area contributed by atoms with Crippen molar-refractivity contribution in [2.75, 3.05) is 72.6 Å². The minimum atomic E-state index is -0.509. The Bertz CT molecular complexity index is 430. The summed E-state index contributed by atoms with van der Waals surface area (Å²) in [6.07, 6.45) is -0.457. The van der Waals surface area contributed by atoms with Gasteiger partial charge in [-0.3, -0.25) is 0 Å². The van der Waals surface area contributed by atoms with Crippen LogP contribution in [0.1, 0.15) is 41.5 Å². The number of carbonyl (C=O) groups excluding carboxylic acids is 2. The standard InChI is InChI=1S/C21H41NO9/c1-20(2,3)30-18(23)17-29-16-15-28-14-13-27-12-11-26-10-9-25-8-7-22-19(24)31-21(4,5)6/h7-17H2,1-6H3,(H,22,24). The van der Waals surface area contributed by atoms with Gasteiger partial charge in [0.05, 0.1) is 59.5 Å². The molecule has 0 radical (unpaired) electrons. The van der Waals surface area contributed by atoms with E-state index in [1.807, 2.05) is 41.5 Å². The Labute approximate surface area is 186 Å². The van der Waals surface area contributed by atoms with Crippen molar-refractivity contribution in [3.05, 3.63) is 0 Å². The van der Waals surface area contributed by atoms with Crippen molar-refractivity contribution in [1.29, 1.82) is 0 Å². The van der Waals surface area contributed by atoms with Crippen molar-refractivity contribution in [3.63, 3.8) is 0 Å². The van der Waals surface area contributed by atoms with Crippen LogP contribution in [0.25, 0.3) is 0 Å². The van der Waals surface area contributed by atoms with E-state index in [0.717, 1.165) is 0 Å². The van der Waals surface area contributed by atoms with Crippen LogP contribution in [0.2, 0.25) is 0 Å². The Kier molecular flexibility index (Phi) is 16.3. The van der Waals surface area contributed by atoms with Gasteiger partial charge in [0.1, 0.15) is 17.8 Å². The van der Waals surface area contributed by atoms with E-state index in [-0.39, 0.29) is 6.61 Å². The van der Waals surface area contributed by atoms with Gasteiger partial charge in [0, 0.05) is 6.54 Å². The molecule has 10 heteroatoms. The molecule has 31 heavy (non-hydrogen) atoms. The molecule has 10 nitrogen and oxygen atoms in total. The van der Waals surface area contributed by atoms with Crippen molar-refractivity contribution in [1.82, 2.24) is 5.32 Å². The summed E-state index contributed by atoms with van der Waals surface area (Å²) in [7, 11) is 0. The maximum atomic E-state index is 11.4. The van der Waals surface area contributed by atoms with Crippen molar-refractivity contribution in [2.45, 2.75) is 52.7 Å². The number of amides is 1. The molecule has 0 saturated carbocycles. The average Bonchev–Trinajstić information content (AvgIpc) is 2.61. The Balaban J connectivity index is 3.24. The van der Waals surface area contributed by atoms with Gasteiger partial charge in [-0.25, -0.2) is 9.59 Å². The molecule has 0 aromatic rings. The van der Waals surface area contributed by atoms with E-state index in [1.165, 1.54) is 0 Å². The first-order chi connectivity index (χ1) is 14.5. The number of ether oxygens (including phenoxy) is 7. The van der Waals surface area contributed by atoms with Crippen LogP contribution in [0.3, 0.4) is 0 Å². The second-order valence-electron chi connectivity index (χ2n) is 8.52. The molecule has 0 fully saturated rings. The van der Waals surface area contributed by atoms with E-state index < -0.39 is 23.3 Å². The maximum absolute atomic E-state index is 11.4. The number of rotatable bonds is 17. The van der Waals surface area contributed by atoms with Crippen LogP contribution in [0.15, 0.2) is 0 Å². The van der Waals surface area contributed by atoms with E-state index in [1.54, 1.807) is 0 Å². The van der Waals surface area contributed by atoms with Crippen LogP contribution in [-0.4, -0.2) is 95.9 Å². The van der Waals surface area contributed by atoms with Crippen LogP contribution in [-0.2, 0) is 38.0 Å². The highest BCUT2D eigenvalue weighted by atomic mass is 16.6. The van der Waals surface area contributed by atoms with E-state index in [9.17, 15) is 9.59 Å². The number of hydrogen-bond donors (Lipinski definition) is 1. The fourth-order valence-corrected chi connectivity index (χ4v) is 1.95. The molecule has 0 aromatic heterocycles. The molecule has 0 heterocycles. The molecular weight excluding hydrogens is 410 g/mol. The molecule has 0 unspecified atom stereocenters. The van der Waals surface area contributed by atoms with E-state index in [4.69, 9.17) is 33.2 Å². The predicted octanol–water partition coefficient (Wildman–Crippen LogP) is 1.94. The summed E-state index contributed by atoms with van der Waals surface area (Å²) >= 11 is 0. The molecule has 0 spiro atoms. The molecule has 1 amide bonds. The lowest BCUT2D eigenvalue weighted by Gasteiger charge is -2.19. The monoisotopic (exact) mass is 451 g/mol.